The van der Waals surface area contributed by atoms with Crippen LogP contribution in [0.5, 0.6) is 5.75 Å². The van der Waals surface area contributed by atoms with Gasteiger partial charge < -0.3 is 14.4 Å². The number of nitrogens with zero attached hydrogens (tertiary/aromatic N) is 2. The molecule has 7 nitrogen and oxygen atoms in total. The number of aromatic nitrogens is 1. The topological polar surface area (TPSA) is 77.8 Å². The number of ketones is 1. The number of pyridine rings is 1. The number of hydrogen-bond acceptors (Lipinski definition) is 6. The van der Waals surface area contributed by atoms with Gasteiger partial charge in [-0.25, -0.2) is 4.79 Å². The molecule has 0 radical (unpaired) electrons. The van der Waals surface area contributed by atoms with Gasteiger partial charge in [-0.1, -0.05) is 23.7 Å². The Kier molecular flexibility index (Phi) is 7.27. The Morgan fingerprint density at radius 2 is 1.79 bits per heavy atom. The first kappa shape index (κ1) is 27.0. The van der Waals surface area contributed by atoms with Crippen LogP contribution < -0.4 is 10.3 Å². The number of methoxy groups -OCH3 is 1. The quantitative estimate of drug-likeness (QED) is 0.248. The first-order valence-corrected chi connectivity index (χ1v) is 13.9. The number of likely N-dealkylation sites (tertiary alicyclic amines) is 1. The highest BCUT2D eigenvalue weighted by Gasteiger charge is 2.34. The van der Waals surface area contributed by atoms with Crippen LogP contribution in [0, 0.1) is 5.92 Å². The molecule has 0 bridgehead atoms. The lowest BCUT2D eigenvalue weighted by atomic mass is 9.96. The molecule has 1 fully saturated rings. The van der Waals surface area contributed by atoms with Crippen LogP contribution in [0.4, 0.5) is 4.79 Å². The molecule has 2 aromatic carbocycles. The van der Waals surface area contributed by atoms with Gasteiger partial charge in [-0.3, -0.25) is 14.2 Å². The second-order valence-corrected chi connectivity index (χ2v) is 12.0. The normalized spacial score (nSPS) is 15.5. The van der Waals surface area contributed by atoms with E-state index in [1.165, 1.54) is 18.4 Å². The zero-order valence-electron chi connectivity index (χ0n) is 22.2. The first-order chi connectivity index (χ1) is 18.5. The number of ether oxygens (including phenoxy) is 2. The van der Waals surface area contributed by atoms with Crippen LogP contribution in [0.2, 0.25) is 5.02 Å². The van der Waals surface area contributed by atoms with Crippen LogP contribution in [0.15, 0.2) is 65.6 Å². The lowest BCUT2D eigenvalue weighted by Crippen LogP contribution is -2.35. The molecule has 0 aliphatic carbocycles. The molecule has 39 heavy (non-hydrogen) atoms. The molecule has 1 amide bonds. The van der Waals surface area contributed by atoms with Crippen molar-refractivity contribution in [3.8, 4) is 21.9 Å². The predicted octanol–water partition coefficient (Wildman–Crippen LogP) is 6.82. The van der Waals surface area contributed by atoms with Gasteiger partial charge in [0.1, 0.15) is 16.1 Å². The van der Waals surface area contributed by atoms with Crippen LogP contribution in [0.1, 0.15) is 37.6 Å². The molecule has 9 heteroatoms. The van der Waals surface area contributed by atoms with E-state index in [0.29, 0.717) is 46.2 Å². The molecule has 5 rings (SSSR count). The number of rotatable bonds is 5. The van der Waals surface area contributed by atoms with Gasteiger partial charge in [0.15, 0.2) is 5.78 Å². The maximum Gasteiger partial charge on any atom is 0.410 e. The van der Waals surface area contributed by atoms with Crippen molar-refractivity contribution in [2.45, 2.75) is 32.8 Å². The fourth-order valence-corrected chi connectivity index (χ4v) is 5.92. The minimum absolute atomic E-state index is 0.0990. The summed E-state index contributed by atoms with van der Waals surface area (Å²) in [5.74, 6) is -0.0693. The van der Waals surface area contributed by atoms with Gasteiger partial charge in [-0.05, 0) is 69.2 Å². The van der Waals surface area contributed by atoms with Gasteiger partial charge in [0, 0.05) is 46.6 Å². The van der Waals surface area contributed by atoms with Crippen molar-refractivity contribution in [2.24, 2.45) is 5.92 Å². The van der Waals surface area contributed by atoms with Gasteiger partial charge in [-0.2, -0.15) is 0 Å². The summed E-state index contributed by atoms with van der Waals surface area (Å²) >= 11 is 7.45. The number of carbonyl (C=O) groups excluding carboxylic acids is 2. The summed E-state index contributed by atoms with van der Waals surface area (Å²) in [6, 6.07) is 16.6. The Hall–Kier alpha value is -3.62. The van der Waals surface area contributed by atoms with Crippen molar-refractivity contribution in [3.05, 3.63) is 81.7 Å². The fraction of sp³-hybridized carbons (Fsp3) is 0.300. The molecule has 1 atom stereocenters. The molecule has 0 spiro atoms. The number of thiophene rings is 1. The van der Waals surface area contributed by atoms with Crippen LogP contribution in [0.3, 0.4) is 0 Å². The SMILES string of the molecule is COc1cc(-n2ccc3cc(-c4ccc(Cl)cc4)sc3c2=O)ccc1C(=O)C1CCN(C(=O)OC(C)(C)C)C1. The summed E-state index contributed by atoms with van der Waals surface area (Å²) in [5, 5.41) is 1.52. The summed E-state index contributed by atoms with van der Waals surface area (Å²) in [6.07, 6.45) is 1.87. The van der Waals surface area contributed by atoms with Gasteiger partial charge in [0.05, 0.1) is 18.4 Å². The molecule has 0 saturated carbocycles. The summed E-state index contributed by atoms with van der Waals surface area (Å²) in [5.41, 5.74) is 1.27. The monoisotopic (exact) mass is 564 g/mol. The van der Waals surface area contributed by atoms with Crippen LogP contribution in [0.25, 0.3) is 26.2 Å². The van der Waals surface area contributed by atoms with Gasteiger partial charge in [-0.15, -0.1) is 11.3 Å². The molecule has 1 aliphatic rings. The van der Waals surface area contributed by atoms with E-state index in [9.17, 15) is 14.4 Å². The second kappa shape index (κ2) is 10.5. The minimum atomic E-state index is -0.597. The highest BCUT2D eigenvalue weighted by Crippen LogP contribution is 2.33. The van der Waals surface area contributed by atoms with Crippen molar-refractivity contribution in [1.29, 1.82) is 0 Å². The van der Waals surface area contributed by atoms with E-state index in [0.717, 1.165) is 15.8 Å². The molecule has 2 aromatic heterocycles. The number of amides is 1. The van der Waals surface area contributed by atoms with E-state index in [1.807, 2.05) is 57.2 Å². The molecule has 3 heterocycles. The van der Waals surface area contributed by atoms with Gasteiger partial charge in [0.25, 0.3) is 5.56 Å². The van der Waals surface area contributed by atoms with E-state index in [-0.39, 0.29) is 17.3 Å². The summed E-state index contributed by atoms with van der Waals surface area (Å²) in [6.45, 7) is 6.20. The van der Waals surface area contributed by atoms with Crippen molar-refractivity contribution in [2.75, 3.05) is 20.2 Å². The summed E-state index contributed by atoms with van der Waals surface area (Å²) in [4.78, 5) is 41.8. The zero-order valence-corrected chi connectivity index (χ0v) is 23.8. The van der Waals surface area contributed by atoms with Crippen molar-refractivity contribution < 1.29 is 19.1 Å². The Balaban J connectivity index is 1.40. The van der Waals surface area contributed by atoms with Crippen molar-refractivity contribution in [1.82, 2.24) is 9.47 Å². The van der Waals surface area contributed by atoms with E-state index in [4.69, 9.17) is 21.1 Å². The van der Waals surface area contributed by atoms with E-state index in [1.54, 1.807) is 33.9 Å². The lowest BCUT2D eigenvalue weighted by molar-refractivity contribution is 0.0289. The fourth-order valence-electron chi connectivity index (χ4n) is 4.71. The average Bonchev–Trinajstić information content (AvgIpc) is 3.56. The Morgan fingerprint density at radius 1 is 1.05 bits per heavy atom. The summed E-state index contributed by atoms with van der Waals surface area (Å²) in [7, 11) is 1.50. The molecule has 1 aliphatic heterocycles. The number of Topliss-reactive ketones (excluding diaryl/α,β-unsaturated/α-hetero) is 1. The molecule has 0 N–H and O–H groups in total. The highest BCUT2D eigenvalue weighted by atomic mass is 35.5. The van der Waals surface area contributed by atoms with Gasteiger partial charge >= 0.3 is 6.09 Å². The average molecular weight is 565 g/mol. The maximum absolute atomic E-state index is 13.4. The molecule has 4 aromatic rings. The third kappa shape index (κ3) is 5.58. The molecular weight excluding hydrogens is 536 g/mol. The molecular formula is C30H29ClN2O5S. The number of fused-ring (bicyclic) bond motifs is 1. The second-order valence-electron chi connectivity index (χ2n) is 10.6. The third-order valence-corrected chi connectivity index (χ3v) is 8.09. The molecule has 1 unspecified atom stereocenters. The third-order valence-electron chi connectivity index (χ3n) is 6.65. The summed E-state index contributed by atoms with van der Waals surface area (Å²) < 4.78 is 13.2. The number of halogens is 1. The zero-order chi connectivity index (χ0) is 27.9. The van der Waals surface area contributed by atoms with Crippen LogP contribution >= 0.6 is 22.9 Å². The van der Waals surface area contributed by atoms with Gasteiger partial charge in [0.2, 0.25) is 0 Å². The standard InChI is InChI=1S/C30H29ClN2O5S/c1-30(2,3)38-29(36)32-13-11-20(17-32)26(34)23-10-9-22(16-24(23)37-4)33-14-12-19-15-25(39-27(19)28(33)35)18-5-7-21(31)8-6-18/h5-10,12,14-16,20H,11,13,17H2,1-4H3. The predicted molar refractivity (Wildman–Crippen MR) is 155 cm³/mol. The maximum atomic E-state index is 13.4. The van der Waals surface area contributed by atoms with E-state index in [2.05, 4.69) is 0 Å². The van der Waals surface area contributed by atoms with Crippen molar-refractivity contribution >= 4 is 44.9 Å². The lowest BCUT2D eigenvalue weighted by Gasteiger charge is -2.24. The Bertz CT molecular complexity index is 1620. The molecule has 1 saturated heterocycles. The van der Waals surface area contributed by atoms with E-state index < -0.39 is 11.7 Å². The van der Waals surface area contributed by atoms with Crippen LogP contribution in [-0.2, 0) is 4.74 Å². The van der Waals surface area contributed by atoms with Crippen LogP contribution in [-0.4, -0.2) is 47.1 Å². The number of benzene rings is 2. The number of carbonyl (C=O) groups is 2. The first-order valence-electron chi connectivity index (χ1n) is 12.7. The number of hydrogen-bond donors (Lipinski definition) is 0. The Morgan fingerprint density at radius 3 is 2.49 bits per heavy atom. The smallest absolute Gasteiger partial charge is 0.410 e. The largest absolute Gasteiger partial charge is 0.496 e. The van der Waals surface area contributed by atoms with Crippen molar-refractivity contribution in [3.63, 3.8) is 0 Å². The molecule has 202 valence electrons. The Labute approximate surface area is 235 Å². The minimum Gasteiger partial charge on any atom is -0.496 e. The highest BCUT2D eigenvalue weighted by molar-refractivity contribution is 7.22. The van der Waals surface area contributed by atoms with E-state index >= 15 is 0 Å².